The summed E-state index contributed by atoms with van der Waals surface area (Å²) in [6.45, 7) is 12.0. The van der Waals surface area contributed by atoms with E-state index in [0.29, 0.717) is 16.4 Å². The summed E-state index contributed by atoms with van der Waals surface area (Å²) < 4.78 is 12.5. The van der Waals surface area contributed by atoms with Crippen LogP contribution in [0.25, 0.3) is 10.9 Å². The van der Waals surface area contributed by atoms with Crippen molar-refractivity contribution in [3.63, 3.8) is 0 Å². The van der Waals surface area contributed by atoms with Crippen LogP contribution in [0.2, 0.25) is 0 Å². The maximum Gasteiger partial charge on any atom is 0.493 e. The van der Waals surface area contributed by atoms with Gasteiger partial charge < -0.3 is 19.5 Å². The largest absolute Gasteiger partial charge is 0.493 e. The van der Waals surface area contributed by atoms with Crippen molar-refractivity contribution in [1.29, 1.82) is 0 Å². The highest BCUT2D eigenvalue weighted by atomic mass is 16.6. The van der Waals surface area contributed by atoms with Crippen LogP contribution in [0, 0.1) is 0 Å². The van der Waals surface area contributed by atoms with Gasteiger partial charge in [0.25, 0.3) is 0 Å². The minimum absolute atomic E-state index is 0.434. The molecule has 0 fully saturated rings. The van der Waals surface area contributed by atoms with Gasteiger partial charge in [-0.1, -0.05) is 18.2 Å². The predicted molar refractivity (Wildman–Crippen MR) is 103 cm³/mol. The Morgan fingerprint density at radius 2 is 1.65 bits per heavy atom. The number of ether oxygens (including phenoxy) is 1. The van der Waals surface area contributed by atoms with Crippen molar-refractivity contribution in [3.8, 4) is 0 Å². The third-order valence-corrected chi connectivity index (χ3v) is 4.48. The van der Waals surface area contributed by atoms with Gasteiger partial charge in [0, 0.05) is 11.7 Å². The monoisotopic (exact) mass is 361 g/mol. The lowest BCUT2D eigenvalue weighted by Crippen LogP contribution is -2.53. The Bertz CT molecular complexity index is 798. The van der Waals surface area contributed by atoms with Gasteiger partial charge in [-0.2, -0.15) is 0 Å². The van der Waals surface area contributed by atoms with E-state index in [2.05, 4.69) is 0 Å². The molecule has 142 valence electrons. The van der Waals surface area contributed by atoms with Crippen LogP contribution in [0.1, 0.15) is 48.5 Å². The van der Waals surface area contributed by atoms with Crippen LogP contribution in [0.4, 0.5) is 4.79 Å². The van der Waals surface area contributed by atoms with Crippen molar-refractivity contribution < 1.29 is 24.3 Å². The van der Waals surface area contributed by atoms with E-state index in [1.807, 2.05) is 6.07 Å². The van der Waals surface area contributed by atoms with E-state index in [4.69, 9.17) is 9.39 Å². The zero-order chi connectivity index (χ0) is 19.9. The number of rotatable bonds is 4. The Labute approximate surface area is 154 Å². The molecule has 2 rings (SSSR count). The molecule has 0 aliphatic carbocycles. The number of nitrogens with zero attached hydrogens (tertiary/aromatic N) is 1. The molecule has 0 amide bonds. The third kappa shape index (κ3) is 4.28. The van der Waals surface area contributed by atoms with Gasteiger partial charge in [0.2, 0.25) is 0 Å². The van der Waals surface area contributed by atoms with Gasteiger partial charge >= 0.3 is 13.2 Å². The molecular weight excluding hydrogens is 333 g/mol. The summed E-state index contributed by atoms with van der Waals surface area (Å²) in [6.07, 6.45) is 0.984. The Hall–Kier alpha value is -1.83. The summed E-state index contributed by atoms with van der Waals surface area (Å²) in [6, 6.07) is 7.20. The second-order valence-electron chi connectivity index (χ2n) is 8.49. The van der Waals surface area contributed by atoms with Gasteiger partial charge in [-0.15, -0.1) is 0 Å². The van der Waals surface area contributed by atoms with Crippen LogP contribution in [0.15, 0.2) is 30.5 Å². The normalized spacial score (nSPS) is 13.1. The molecule has 6 nitrogen and oxygen atoms in total. The minimum Gasteiger partial charge on any atom is -0.443 e. The van der Waals surface area contributed by atoms with Crippen molar-refractivity contribution in [2.45, 2.75) is 65.3 Å². The van der Waals surface area contributed by atoms with E-state index >= 15 is 0 Å². The fraction of sp³-hybridized carbons (Fsp3) is 0.526. The molecule has 2 aromatic rings. The highest BCUT2D eigenvalue weighted by Crippen LogP contribution is 2.26. The highest BCUT2D eigenvalue weighted by molar-refractivity contribution is 6.63. The van der Waals surface area contributed by atoms with Gasteiger partial charge in [-0.05, 0) is 59.9 Å². The Morgan fingerprint density at radius 3 is 2.19 bits per heavy atom. The number of aliphatic hydroxyl groups is 1. The number of hydrogen-bond donors (Lipinski definition) is 2. The first-order chi connectivity index (χ1) is 11.7. The van der Waals surface area contributed by atoms with Crippen molar-refractivity contribution in [3.05, 3.63) is 30.5 Å². The first-order valence-electron chi connectivity index (χ1n) is 8.64. The van der Waals surface area contributed by atoms with Gasteiger partial charge in [0.15, 0.2) is 0 Å². The van der Waals surface area contributed by atoms with Gasteiger partial charge in [0.05, 0.1) is 16.7 Å². The van der Waals surface area contributed by atoms with Crippen LogP contribution in [-0.4, -0.2) is 44.7 Å². The summed E-state index contributed by atoms with van der Waals surface area (Å²) in [5.74, 6) is 0. The zero-order valence-electron chi connectivity index (χ0n) is 16.5. The molecule has 1 heterocycles. The number of hydrogen-bond acceptors (Lipinski definition) is 5. The predicted octanol–water partition coefficient (Wildman–Crippen LogP) is 2.68. The van der Waals surface area contributed by atoms with Gasteiger partial charge in [0.1, 0.15) is 5.60 Å². The molecular formula is C19H28BNO5. The summed E-state index contributed by atoms with van der Waals surface area (Å²) in [4.78, 5) is 12.5. The van der Waals surface area contributed by atoms with Crippen LogP contribution < -0.4 is 5.46 Å². The fourth-order valence-electron chi connectivity index (χ4n) is 2.35. The summed E-state index contributed by atoms with van der Waals surface area (Å²) in [7, 11) is -1.31. The average molecular weight is 361 g/mol. The molecule has 0 aliphatic rings. The Kier molecular flexibility index (Phi) is 5.30. The summed E-state index contributed by atoms with van der Waals surface area (Å²) in [5.41, 5.74) is -1.77. The van der Waals surface area contributed by atoms with E-state index < -0.39 is 30.0 Å². The summed E-state index contributed by atoms with van der Waals surface area (Å²) in [5, 5.41) is 21.6. The smallest absolute Gasteiger partial charge is 0.443 e. The second kappa shape index (κ2) is 6.72. The number of aromatic nitrogens is 1. The number of carbonyl (C=O) groups excluding carboxylic acids is 1. The standard InChI is InChI=1S/C19H28BNO5/c1-17(2,3)25-16(22)21-12-14(13-10-8-9-11-15(13)21)20(24)26-19(6,7)18(4,5)23/h8-12,23-24H,1-7H3. The minimum atomic E-state index is -1.31. The van der Waals surface area contributed by atoms with Crippen LogP contribution in [-0.2, 0) is 9.39 Å². The Balaban J connectivity index is 2.44. The lowest BCUT2D eigenvalue weighted by molar-refractivity contribution is -0.0982. The van der Waals surface area contributed by atoms with E-state index in [1.165, 1.54) is 10.8 Å². The molecule has 1 aromatic carbocycles. The SMILES string of the molecule is CC(C)(C)OC(=O)n1cc(B(O)OC(C)(C)C(C)(C)O)c2ccccc21. The van der Waals surface area contributed by atoms with Crippen molar-refractivity contribution >= 4 is 29.6 Å². The first kappa shape index (κ1) is 20.5. The molecule has 0 spiro atoms. The average Bonchev–Trinajstić information content (AvgIpc) is 2.83. The molecule has 2 N–H and O–H groups in total. The van der Waals surface area contributed by atoms with E-state index in [-0.39, 0.29) is 0 Å². The van der Waals surface area contributed by atoms with Crippen molar-refractivity contribution in [1.82, 2.24) is 4.57 Å². The molecule has 0 saturated carbocycles. The number of benzene rings is 1. The summed E-state index contributed by atoms with van der Waals surface area (Å²) >= 11 is 0. The second-order valence-corrected chi connectivity index (χ2v) is 8.49. The molecule has 7 heteroatoms. The number of carbonyl (C=O) groups is 1. The number of fused-ring (bicyclic) bond motifs is 1. The highest BCUT2D eigenvalue weighted by Gasteiger charge is 2.40. The lowest BCUT2D eigenvalue weighted by atomic mass is 9.76. The zero-order valence-corrected chi connectivity index (χ0v) is 16.5. The Morgan fingerprint density at radius 1 is 1.08 bits per heavy atom. The lowest BCUT2D eigenvalue weighted by Gasteiger charge is -2.38. The van der Waals surface area contributed by atoms with Crippen molar-refractivity contribution in [2.75, 3.05) is 0 Å². The third-order valence-electron chi connectivity index (χ3n) is 4.48. The maximum absolute atomic E-state index is 12.5. The molecule has 0 aliphatic heterocycles. The molecule has 0 bridgehead atoms. The molecule has 0 saturated heterocycles. The van der Waals surface area contributed by atoms with Crippen LogP contribution >= 0.6 is 0 Å². The number of para-hydroxylation sites is 1. The maximum atomic E-state index is 12.5. The quantitative estimate of drug-likeness (QED) is 0.819. The molecule has 0 unspecified atom stereocenters. The van der Waals surface area contributed by atoms with Gasteiger partial charge in [-0.25, -0.2) is 4.79 Å². The molecule has 0 radical (unpaired) electrons. The van der Waals surface area contributed by atoms with Crippen LogP contribution in [0.3, 0.4) is 0 Å². The molecule has 0 atom stereocenters. The van der Waals surface area contributed by atoms with Crippen LogP contribution in [0.5, 0.6) is 0 Å². The van der Waals surface area contributed by atoms with E-state index in [0.717, 1.165) is 0 Å². The van der Waals surface area contributed by atoms with E-state index in [1.54, 1.807) is 66.7 Å². The topological polar surface area (TPSA) is 80.9 Å². The van der Waals surface area contributed by atoms with E-state index in [9.17, 15) is 14.9 Å². The fourth-order valence-corrected chi connectivity index (χ4v) is 2.35. The molecule has 26 heavy (non-hydrogen) atoms. The molecule has 1 aromatic heterocycles. The first-order valence-corrected chi connectivity index (χ1v) is 8.64. The van der Waals surface area contributed by atoms with Gasteiger partial charge in [-0.3, -0.25) is 4.57 Å². The van der Waals surface area contributed by atoms with Crippen molar-refractivity contribution in [2.24, 2.45) is 0 Å².